The van der Waals surface area contributed by atoms with Crippen molar-refractivity contribution < 1.29 is 47.8 Å². The van der Waals surface area contributed by atoms with Crippen LogP contribution in [0, 0.1) is 0 Å². The zero-order valence-corrected chi connectivity index (χ0v) is 40.1. The molecule has 0 aromatic rings. The van der Waals surface area contributed by atoms with Crippen LogP contribution < -0.4 is 0 Å². The van der Waals surface area contributed by atoms with Gasteiger partial charge in [-0.2, -0.15) is 0 Å². The lowest BCUT2D eigenvalue weighted by Crippen LogP contribution is -2.29. The van der Waals surface area contributed by atoms with Gasteiger partial charge in [0.15, 0.2) is 6.10 Å². The lowest BCUT2D eigenvalue weighted by molar-refractivity contribution is -0.161. The smallest absolute Gasteiger partial charge is 0.462 e. The van der Waals surface area contributed by atoms with Crippen molar-refractivity contribution in [2.24, 2.45) is 0 Å². The lowest BCUT2D eigenvalue weighted by Gasteiger charge is -2.20. The molecule has 0 saturated heterocycles. The van der Waals surface area contributed by atoms with Gasteiger partial charge in [0.1, 0.15) is 12.7 Å². The molecule has 0 aliphatic carbocycles. The average molecular weight is 877 g/mol. The highest BCUT2D eigenvalue weighted by Crippen LogP contribution is 2.43. The minimum Gasteiger partial charge on any atom is -0.462 e. The van der Waals surface area contributed by atoms with Crippen molar-refractivity contribution in [3.8, 4) is 0 Å². The van der Waals surface area contributed by atoms with Crippen molar-refractivity contribution in [3.63, 3.8) is 0 Å². The number of ether oxygens (including phenoxy) is 2. The number of hydrogen-bond acceptors (Lipinski definition) is 9. The molecule has 0 saturated carbocycles. The number of carbonyl (C=O) groups excluding carboxylic acids is 2. The fourth-order valence-electron chi connectivity index (χ4n) is 7.59. The Morgan fingerprint density at radius 3 is 1.03 bits per heavy atom. The predicted octanol–water partition coefficient (Wildman–Crippen LogP) is 14.2. The monoisotopic (exact) mass is 877 g/mol. The van der Waals surface area contributed by atoms with Crippen LogP contribution in [0.2, 0.25) is 0 Å². The molecular formula is C49H97O10P. The summed E-state index contributed by atoms with van der Waals surface area (Å²) in [5, 5.41) is 18.4. The van der Waals surface area contributed by atoms with E-state index in [2.05, 4.69) is 13.8 Å². The third kappa shape index (κ3) is 45.0. The summed E-state index contributed by atoms with van der Waals surface area (Å²) in [5.41, 5.74) is 0. The van der Waals surface area contributed by atoms with E-state index in [4.69, 9.17) is 23.6 Å². The maximum absolute atomic E-state index is 12.7. The van der Waals surface area contributed by atoms with E-state index in [-0.39, 0.29) is 19.4 Å². The number of aliphatic hydroxyl groups excluding tert-OH is 2. The first-order chi connectivity index (χ1) is 29.2. The summed E-state index contributed by atoms with van der Waals surface area (Å²) in [6.07, 6.45) is 45.0. The maximum Gasteiger partial charge on any atom is 0.472 e. The van der Waals surface area contributed by atoms with E-state index < -0.39 is 51.8 Å². The van der Waals surface area contributed by atoms with Gasteiger partial charge in [-0.3, -0.25) is 18.6 Å². The van der Waals surface area contributed by atoms with Crippen molar-refractivity contribution in [3.05, 3.63) is 0 Å². The molecule has 0 rings (SSSR count). The fraction of sp³-hybridized carbons (Fsp3) is 0.959. The van der Waals surface area contributed by atoms with Crippen molar-refractivity contribution in [2.45, 2.75) is 276 Å². The summed E-state index contributed by atoms with van der Waals surface area (Å²) < 4.78 is 32.9. The van der Waals surface area contributed by atoms with Gasteiger partial charge >= 0.3 is 19.8 Å². The number of phosphoric ester groups is 1. The fourth-order valence-corrected chi connectivity index (χ4v) is 8.37. The molecule has 0 spiro atoms. The van der Waals surface area contributed by atoms with Gasteiger partial charge < -0.3 is 24.6 Å². The molecular weight excluding hydrogens is 780 g/mol. The Labute approximate surface area is 369 Å². The maximum atomic E-state index is 12.7. The number of unbranched alkanes of at least 4 members (excludes halogenated alkanes) is 35. The molecule has 60 heavy (non-hydrogen) atoms. The molecule has 0 aliphatic rings. The van der Waals surface area contributed by atoms with E-state index in [1.165, 1.54) is 193 Å². The molecule has 0 bridgehead atoms. The SMILES string of the molecule is CCCCCCCCCCCCCCCCCCCCCCCCC(=O)OC(COC(=O)CCCCCCCCCCCCCCCCC)COP(=O)(O)OCC(O)CO. The van der Waals surface area contributed by atoms with Crippen LogP contribution >= 0.6 is 7.82 Å². The normalized spacial score (nSPS) is 13.6. The second-order valence-corrected chi connectivity index (χ2v) is 19.0. The van der Waals surface area contributed by atoms with Gasteiger partial charge in [-0.15, -0.1) is 0 Å². The second kappa shape index (κ2) is 46.0. The Morgan fingerprint density at radius 2 is 0.717 bits per heavy atom. The molecule has 3 N–H and O–H groups in total. The highest BCUT2D eigenvalue weighted by Gasteiger charge is 2.27. The van der Waals surface area contributed by atoms with Crippen LogP contribution in [0.4, 0.5) is 0 Å². The minimum atomic E-state index is -4.61. The van der Waals surface area contributed by atoms with Gasteiger partial charge in [0.05, 0.1) is 19.8 Å². The van der Waals surface area contributed by atoms with Crippen LogP contribution in [0.25, 0.3) is 0 Å². The molecule has 10 nitrogen and oxygen atoms in total. The van der Waals surface area contributed by atoms with Crippen molar-refractivity contribution in [2.75, 3.05) is 26.4 Å². The standard InChI is InChI=1S/C49H97O10P/c1-3-5-7-9-11-13-15-17-19-20-21-22-23-24-25-27-29-31-33-35-37-39-41-49(53)59-47(45-58-60(54,55)57-43-46(51)42-50)44-56-48(52)40-38-36-34-32-30-28-26-18-16-14-12-10-8-6-4-2/h46-47,50-51H,3-45H2,1-2H3,(H,54,55). The van der Waals surface area contributed by atoms with Crippen LogP contribution in [0.5, 0.6) is 0 Å². The summed E-state index contributed by atoms with van der Waals surface area (Å²) in [5.74, 6) is -0.903. The zero-order chi connectivity index (χ0) is 44.0. The third-order valence-electron chi connectivity index (χ3n) is 11.5. The molecule has 0 aromatic carbocycles. The predicted molar refractivity (Wildman–Crippen MR) is 247 cm³/mol. The van der Waals surface area contributed by atoms with Gasteiger partial charge in [-0.05, 0) is 12.8 Å². The van der Waals surface area contributed by atoms with E-state index in [0.29, 0.717) is 12.8 Å². The molecule has 358 valence electrons. The van der Waals surface area contributed by atoms with Crippen molar-refractivity contribution in [1.82, 2.24) is 0 Å². The van der Waals surface area contributed by atoms with Crippen LogP contribution in [0.15, 0.2) is 0 Å². The second-order valence-electron chi connectivity index (χ2n) is 17.6. The summed E-state index contributed by atoms with van der Waals surface area (Å²) in [6, 6.07) is 0. The highest BCUT2D eigenvalue weighted by molar-refractivity contribution is 7.47. The highest BCUT2D eigenvalue weighted by atomic mass is 31.2. The van der Waals surface area contributed by atoms with Crippen LogP contribution in [-0.2, 0) is 32.7 Å². The van der Waals surface area contributed by atoms with Crippen LogP contribution in [-0.4, -0.2) is 65.7 Å². The van der Waals surface area contributed by atoms with Crippen LogP contribution in [0.3, 0.4) is 0 Å². The van der Waals surface area contributed by atoms with E-state index in [1.807, 2.05) is 0 Å². The Bertz CT molecular complexity index is 966. The van der Waals surface area contributed by atoms with E-state index in [0.717, 1.165) is 32.1 Å². The summed E-state index contributed by atoms with van der Waals surface area (Å²) in [4.78, 5) is 35.1. The number of rotatable bonds is 49. The topological polar surface area (TPSA) is 149 Å². The number of aliphatic hydroxyl groups is 2. The molecule has 0 amide bonds. The number of esters is 2. The van der Waals surface area contributed by atoms with Gasteiger partial charge in [-0.25, -0.2) is 4.57 Å². The minimum absolute atomic E-state index is 0.193. The zero-order valence-electron chi connectivity index (χ0n) is 39.2. The Hall–Kier alpha value is -1.03. The largest absolute Gasteiger partial charge is 0.472 e. The molecule has 0 heterocycles. The van der Waals surface area contributed by atoms with Gasteiger partial charge in [0, 0.05) is 12.8 Å². The number of hydrogen-bond donors (Lipinski definition) is 3. The van der Waals surface area contributed by atoms with E-state index in [9.17, 15) is 24.2 Å². The first-order valence-electron chi connectivity index (χ1n) is 25.5. The van der Waals surface area contributed by atoms with Crippen molar-refractivity contribution in [1.29, 1.82) is 0 Å². The molecule has 0 aromatic heterocycles. The third-order valence-corrected chi connectivity index (χ3v) is 12.5. The molecule has 11 heteroatoms. The first kappa shape index (κ1) is 59.0. The summed E-state index contributed by atoms with van der Waals surface area (Å²) >= 11 is 0. The number of phosphoric acid groups is 1. The summed E-state index contributed by atoms with van der Waals surface area (Å²) in [6.45, 7) is 2.45. The first-order valence-corrected chi connectivity index (χ1v) is 27.0. The molecule has 0 radical (unpaired) electrons. The average Bonchev–Trinajstić information content (AvgIpc) is 3.24. The quantitative estimate of drug-likeness (QED) is 0.0306. The van der Waals surface area contributed by atoms with Gasteiger partial charge in [0.2, 0.25) is 0 Å². The van der Waals surface area contributed by atoms with Crippen LogP contribution in [0.1, 0.15) is 264 Å². The lowest BCUT2D eigenvalue weighted by atomic mass is 10.0. The van der Waals surface area contributed by atoms with Crippen molar-refractivity contribution >= 4 is 19.8 Å². The van der Waals surface area contributed by atoms with E-state index >= 15 is 0 Å². The Balaban J connectivity index is 4.11. The Kier molecular flexibility index (Phi) is 45.2. The van der Waals surface area contributed by atoms with Gasteiger partial charge in [0.25, 0.3) is 0 Å². The summed E-state index contributed by atoms with van der Waals surface area (Å²) in [7, 11) is -4.61. The molecule has 3 atom stereocenters. The Morgan fingerprint density at radius 1 is 0.433 bits per heavy atom. The van der Waals surface area contributed by atoms with E-state index in [1.54, 1.807) is 0 Å². The number of carbonyl (C=O) groups is 2. The molecule has 3 unspecified atom stereocenters. The molecule has 0 fully saturated rings. The van der Waals surface area contributed by atoms with Gasteiger partial charge in [-0.1, -0.05) is 239 Å². The molecule has 0 aliphatic heterocycles.